The van der Waals surface area contributed by atoms with Gasteiger partial charge >= 0.3 is 0 Å². The van der Waals surface area contributed by atoms with Gasteiger partial charge in [-0.25, -0.2) is 13.2 Å². The fourth-order valence-electron chi connectivity index (χ4n) is 1.81. The van der Waals surface area contributed by atoms with E-state index in [1.165, 1.54) is 0 Å². The van der Waals surface area contributed by atoms with Gasteiger partial charge in [-0.15, -0.1) is 0 Å². The Morgan fingerprint density at radius 1 is 0.941 bits per heavy atom. The molecule has 0 amide bonds. The average Bonchev–Trinajstić information content (AvgIpc) is 2.12. The van der Waals surface area contributed by atoms with Crippen LogP contribution in [0.25, 0.3) is 0 Å². The molecule has 0 aliphatic rings. The van der Waals surface area contributed by atoms with Gasteiger partial charge in [0, 0.05) is 11.1 Å². The van der Waals surface area contributed by atoms with Crippen molar-refractivity contribution in [1.82, 2.24) is 0 Å². The molecule has 0 saturated heterocycles. The van der Waals surface area contributed by atoms with Crippen molar-refractivity contribution in [3.63, 3.8) is 0 Å². The maximum Gasteiger partial charge on any atom is 0.165 e. The van der Waals surface area contributed by atoms with Crippen LogP contribution in [0.1, 0.15) is 51.7 Å². The molecule has 0 spiro atoms. The molecule has 1 aromatic carbocycles. The normalized spacial score (nSPS) is 12.4. The predicted octanol–water partition coefficient (Wildman–Crippen LogP) is 5.13. The molecule has 0 N–H and O–H groups in total. The summed E-state index contributed by atoms with van der Waals surface area (Å²) >= 11 is 1.75. The molecule has 0 unspecified atom stereocenters. The number of hydrogen-bond donors (Lipinski definition) is 0. The van der Waals surface area contributed by atoms with Gasteiger partial charge in [0.05, 0.1) is 3.57 Å². The summed E-state index contributed by atoms with van der Waals surface area (Å²) in [7, 11) is 0. The quantitative estimate of drug-likeness (QED) is 0.484. The van der Waals surface area contributed by atoms with Crippen LogP contribution in [-0.4, -0.2) is 0 Å². The number of halogens is 4. The van der Waals surface area contributed by atoms with Crippen LogP contribution in [0, 0.1) is 21.0 Å². The van der Waals surface area contributed by atoms with Crippen molar-refractivity contribution in [2.75, 3.05) is 0 Å². The van der Waals surface area contributed by atoms with E-state index in [-0.39, 0.29) is 20.6 Å². The van der Waals surface area contributed by atoms with E-state index in [0.29, 0.717) is 0 Å². The summed E-state index contributed by atoms with van der Waals surface area (Å²) in [4.78, 5) is 0. The first kappa shape index (κ1) is 14.8. The molecule has 0 nitrogen and oxygen atoms in total. The highest BCUT2D eigenvalue weighted by molar-refractivity contribution is 14.1. The smallest absolute Gasteiger partial charge is 0.165 e. The Bertz CT molecular complexity index is 416. The van der Waals surface area contributed by atoms with Crippen LogP contribution in [0.15, 0.2) is 0 Å². The van der Waals surface area contributed by atoms with Crippen molar-refractivity contribution in [1.29, 1.82) is 0 Å². The minimum absolute atomic E-state index is 0.109. The fourth-order valence-corrected chi connectivity index (χ4v) is 3.15. The summed E-state index contributed by atoms with van der Waals surface area (Å²) < 4.78 is 42.1. The molecule has 17 heavy (non-hydrogen) atoms. The lowest BCUT2D eigenvalue weighted by atomic mass is 9.84. The second-order valence-electron chi connectivity index (χ2n) is 5.45. The minimum atomic E-state index is -1.05. The molecule has 0 aromatic heterocycles. The Hall–Kier alpha value is -0.260. The Labute approximate surface area is 114 Å². The second kappa shape index (κ2) is 4.78. The third-order valence-corrected chi connectivity index (χ3v) is 3.64. The van der Waals surface area contributed by atoms with Gasteiger partial charge in [0.15, 0.2) is 11.6 Å². The SMILES string of the molecule is CC(C)c1c(F)c(F)c(C(C)(C)C)c(I)c1F. The van der Waals surface area contributed by atoms with E-state index < -0.39 is 22.9 Å². The number of rotatable bonds is 1. The molecule has 0 heterocycles. The Balaban J connectivity index is 3.71. The summed E-state index contributed by atoms with van der Waals surface area (Å²) in [5.74, 6) is -2.99. The topological polar surface area (TPSA) is 0 Å². The molecular formula is C13H16F3I. The zero-order valence-corrected chi connectivity index (χ0v) is 12.7. The van der Waals surface area contributed by atoms with E-state index in [2.05, 4.69) is 0 Å². The Kier molecular flexibility index (Phi) is 4.16. The lowest BCUT2D eigenvalue weighted by molar-refractivity contribution is 0.433. The van der Waals surface area contributed by atoms with Crippen molar-refractivity contribution in [3.8, 4) is 0 Å². The van der Waals surface area contributed by atoms with E-state index in [1.807, 2.05) is 0 Å². The van der Waals surface area contributed by atoms with E-state index in [0.717, 1.165) is 0 Å². The molecule has 1 rings (SSSR count). The monoisotopic (exact) mass is 356 g/mol. The standard InChI is InChI=1S/C13H16F3I/c1-6(2)7-9(14)11(16)8(13(3,4)5)12(17)10(7)15/h6H,1-5H3. The zero-order valence-electron chi connectivity index (χ0n) is 10.6. The van der Waals surface area contributed by atoms with Gasteiger partial charge in [-0.05, 0) is 33.9 Å². The van der Waals surface area contributed by atoms with Crippen LogP contribution in [0.5, 0.6) is 0 Å². The lowest BCUT2D eigenvalue weighted by Crippen LogP contribution is -2.20. The van der Waals surface area contributed by atoms with E-state index >= 15 is 0 Å². The van der Waals surface area contributed by atoms with Crippen molar-refractivity contribution < 1.29 is 13.2 Å². The van der Waals surface area contributed by atoms with Gasteiger partial charge in [0.1, 0.15) is 5.82 Å². The summed E-state index contributed by atoms with van der Waals surface area (Å²) in [6.45, 7) is 8.51. The molecule has 1 aromatic rings. The predicted molar refractivity (Wildman–Crippen MR) is 71.8 cm³/mol. The van der Waals surface area contributed by atoms with Gasteiger partial charge in [0.2, 0.25) is 0 Å². The molecule has 0 saturated carbocycles. The van der Waals surface area contributed by atoms with Crippen LogP contribution < -0.4 is 0 Å². The van der Waals surface area contributed by atoms with Crippen LogP contribution in [-0.2, 0) is 5.41 Å². The Morgan fingerprint density at radius 2 is 1.41 bits per heavy atom. The molecule has 0 bridgehead atoms. The molecule has 4 heteroatoms. The molecule has 96 valence electrons. The highest BCUT2D eigenvalue weighted by Gasteiger charge is 2.30. The molecule has 0 fully saturated rings. The van der Waals surface area contributed by atoms with E-state index in [4.69, 9.17) is 0 Å². The first-order chi connectivity index (χ1) is 7.59. The van der Waals surface area contributed by atoms with Crippen LogP contribution in [0.4, 0.5) is 13.2 Å². The highest BCUT2D eigenvalue weighted by Crippen LogP contribution is 2.36. The third kappa shape index (κ3) is 2.61. The van der Waals surface area contributed by atoms with E-state index in [9.17, 15) is 13.2 Å². The first-order valence-electron chi connectivity index (χ1n) is 5.45. The maximum atomic E-state index is 14.1. The first-order valence-corrected chi connectivity index (χ1v) is 6.53. The summed E-state index contributed by atoms with van der Waals surface area (Å²) in [5, 5.41) is 0. The second-order valence-corrected chi connectivity index (χ2v) is 6.53. The molecule has 0 radical (unpaired) electrons. The van der Waals surface area contributed by atoms with Crippen LogP contribution in [0.2, 0.25) is 0 Å². The van der Waals surface area contributed by atoms with Crippen molar-refractivity contribution in [2.45, 2.75) is 46.0 Å². The summed E-state index contributed by atoms with van der Waals surface area (Å²) in [6, 6.07) is 0. The third-order valence-electron chi connectivity index (χ3n) is 2.62. The largest absolute Gasteiger partial charge is 0.205 e. The van der Waals surface area contributed by atoms with Gasteiger partial charge in [0.25, 0.3) is 0 Å². The molecule has 0 atom stereocenters. The lowest BCUT2D eigenvalue weighted by Gasteiger charge is -2.24. The van der Waals surface area contributed by atoms with E-state index in [1.54, 1.807) is 57.2 Å². The molecular weight excluding hydrogens is 340 g/mol. The summed E-state index contributed by atoms with van der Waals surface area (Å²) in [6.07, 6.45) is 0. The van der Waals surface area contributed by atoms with Gasteiger partial charge < -0.3 is 0 Å². The Morgan fingerprint density at radius 3 is 1.76 bits per heavy atom. The number of benzene rings is 1. The highest BCUT2D eigenvalue weighted by atomic mass is 127. The molecule has 0 aliphatic carbocycles. The van der Waals surface area contributed by atoms with Crippen molar-refractivity contribution >= 4 is 22.6 Å². The molecule has 0 aliphatic heterocycles. The minimum Gasteiger partial charge on any atom is -0.205 e. The fraction of sp³-hybridized carbons (Fsp3) is 0.538. The maximum absolute atomic E-state index is 14.1. The zero-order chi connectivity index (χ0) is 13.5. The van der Waals surface area contributed by atoms with Crippen molar-refractivity contribution in [2.24, 2.45) is 0 Å². The average molecular weight is 356 g/mol. The van der Waals surface area contributed by atoms with Gasteiger partial charge in [-0.2, -0.15) is 0 Å². The van der Waals surface area contributed by atoms with Gasteiger partial charge in [-0.3, -0.25) is 0 Å². The van der Waals surface area contributed by atoms with Gasteiger partial charge in [-0.1, -0.05) is 34.6 Å². The number of hydrogen-bond acceptors (Lipinski definition) is 0. The van der Waals surface area contributed by atoms with Crippen LogP contribution >= 0.6 is 22.6 Å². The van der Waals surface area contributed by atoms with Crippen molar-refractivity contribution in [3.05, 3.63) is 32.1 Å². The van der Waals surface area contributed by atoms with Crippen LogP contribution in [0.3, 0.4) is 0 Å². The summed E-state index contributed by atoms with van der Waals surface area (Å²) in [5.41, 5.74) is -0.685.